The Labute approximate surface area is 187 Å². The Morgan fingerprint density at radius 1 is 1.06 bits per heavy atom. The summed E-state index contributed by atoms with van der Waals surface area (Å²) in [5, 5.41) is 0. The first-order chi connectivity index (χ1) is 15.5. The van der Waals surface area contributed by atoms with E-state index < -0.39 is 0 Å². The summed E-state index contributed by atoms with van der Waals surface area (Å²) in [6, 6.07) is 5.45. The van der Waals surface area contributed by atoms with Crippen LogP contribution in [0, 0.1) is 6.92 Å². The number of carbonyl (C=O) groups excluding carboxylic acids is 1. The third-order valence-electron chi connectivity index (χ3n) is 5.58. The third kappa shape index (κ3) is 3.87. The molecule has 2 aliphatic heterocycles. The molecule has 0 aromatic heterocycles. The van der Waals surface area contributed by atoms with Crippen LogP contribution in [-0.4, -0.2) is 59.0 Å². The molecule has 0 unspecified atom stereocenters. The molecule has 2 aromatic rings. The van der Waals surface area contributed by atoms with Crippen LogP contribution in [0.4, 0.5) is 0 Å². The van der Waals surface area contributed by atoms with Gasteiger partial charge in [0, 0.05) is 20.2 Å². The molecule has 32 heavy (non-hydrogen) atoms. The van der Waals surface area contributed by atoms with E-state index in [0.29, 0.717) is 54.0 Å². The van der Waals surface area contributed by atoms with Gasteiger partial charge in [0.2, 0.25) is 11.5 Å². The molecule has 0 saturated heterocycles. The second-order valence-electron chi connectivity index (χ2n) is 7.59. The maximum absolute atomic E-state index is 13.2. The van der Waals surface area contributed by atoms with Gasteiger partial charge in [0.15, 0.2) is 17.3 Å². The zero-order valence-corrected chi connectivity index (χ0v) is 18.9. The molecule has 0 spiro atoms. The Bertz CT molecular complexity index is 1050. The van der Waals surface area contributed by atoms with Gasteiger partial charge in [-0.05, 0) is 42.3 Å². The molecule has 0 N–H and O–H groups in total. The minimum Gasteiger partial charge on any atom is -0.493 e. The number of nitrogens with zero attached hydrogens (tertiary/aromatic N) is 1. The lowest BCUT2D eigenvalue weighted by atomic mass is 9.98. The van der Waals surface area contributed by atoms with E-state index >= 15 is 0 Å². The molecule has 2 aliphatic rings. The van der Waals surface area contributed by atoms with Crippen molar-refractivity contribution in [3.8, 4) is 28.7 Å². The van der Waals surface area contributed by atoms with Gasteiger partial charge < -0.3 is 28.4 Å². The number of carbonyl (C=O) groups is 1. The number of fused-ring (bicyclic) bond motifs is 3. The standard InChI is InChI=1S/C24H27NO7/c1-14-8-17-16(12-25(13-31-17)6-7-27-2)23-21(14)22(26)18(32-23)9-15-10-19(28-3)24(30-5)20(11-15)29-4/h8-11H,6-7,12-13H2,1-5H3/b18-9-. The number of allylic oxidation sites excluding steroid dienone is 1. The minimum absolute atomic E-state index is 0.164. The summed E-state index contributed by atoms with van der Waals surface area (Å²) >= 11 is 0. The lowest BCUT2D eigenvalue weighted by Crippen LogP contribution is -2.34. The fourth-order valence-corrected chi connectivity index (χ4v) is 3.98. The van der Waals surface area contributed by atoms with Crippen molar-refractivity contribution in [3.63, 3.8) is 0 Å². The highest BCUT2D eigenvalue weighted by Gasteiger charge is 2.35. The van der Waals surface area contributed by atoms with Gasteiger partial charge in [-0.2, -0.15) is 0 Å². The van der Waals surface area contributed by atoms with Crippen molar-refractivity contribution in [2.45, 2.75) is 13.5 Å². The van der Waals surface area contributed by atoms with Crippen LogP contribution < -0.4 is 23.7 Å². The lowest BCUT2D eigenvalue weighted by Gasteiger charge is -2.29. The van der Waals surface area contributed by atoms with Gasteiger partial charge in [0.05, 0.1) is 39.1 Å². The second kappa shape index (κ2) is 9.10. The molecular weight excluding hydrogens is 414 g/mol. The van der Waals surface area contributed by atoms with E-state index in [1.165, 1.54) is 0 Å². The molecular formula is C24H27NO7. The summed E-state index contributed by atoms with van der Waals surface area (Å²) in [7, 11) is 6.31. The summed E-state index contributed by atoms with van der Waals surface area (Å²) in [6.45, 7) is 4.30. The van der Waals surface area contributed by atoms with Crippen molar-refractivity contribution in [2.24, 2.45) is 0 Å². The molecule has 0 fully saturated rings. The number of methoxy groups -OCH3 is 4. The second-order valence-corrected chi connectivity index (χ2v) is 7.59. The first-order valence-corrected chi connectivity index (χ1v) is 10.3. The average Bonchev–Trinajstić information content (AvgIpc) is 3.13. The number of ketones is 1. The zero-order valence-electron chi connectivity index (χ0n) is 18.9. The minimum atomic E-state index is -0.164. The first-order valence-electron chi connectivity index (χ1n) is 10.3. The van der Waals surface area contributed by atoms with E-state index in [2.05, 4.69) is 4.90 Å². The van der Waals surface area contributed by atoms with Crippen LogP contribution in [0.1, 0.15) is 27.0 Å². The van der Waals surface area contributed by atoms with E-state index in [4.69, 9.17) is 28.4 Å². The maximum Gasteiger partial charge on any atom is 0.232 e. The molecule has 0 aliphatic carbocycles. The summed E-state index contributed by atoms with van der Waals surface area (Å²) in [5.74, 6) is 2.86. The first kappa shape index (κ1) is 22.0. The molecule has 0 amide bonds. The predicted octanol–water partition coefficient (Wildman–Crippen LogP) is 3.44. The molecule has 170 valence electrons. The van der Waals surface area contributed by atoms with Crippen molar-refractivity contribution in [3.05, 3.63) is 46.2 Å². The highest BCUT2D eigenvalue weighted by atomic mass is 16.5. The summed E-state index contributed by atoms with van der Waals surface area (Å²) in [6.07, 6.45) is 1.69. The molecule has 4 rings (SSSR count). The third-order valence-corrected chi connectivity index (χ3v) is 5.58. The topological polar surface area (TPSA) is 75.7 Å². The van der Waals surface area contributed by atoms with E-state index in [0.717, 1.165) is 23.4 Å². The molecule has 2 heterocycles. The highest BCUT2D eigenvalue weighted by molar-refractivity contribution is 6.16. The number of hydrogen-bond acceptors (Lipinski definition) is 8. The average molecular weight is 441 g/mol. The number of Topliss-reactive ketones (excluding diaryl/α,β-unsaturated/α-hetero) is 1. The molecule has 2 aromatic carbocycles. The summed E-state index contributed by atoms with van der Waals surface area (Å²) < 4.78 is 33.4. The number of benzene rings is 2. The number of rotatable bonds is 7. The van der Waals surface area contributed by atoms with Crippen LogP contribution in [0.3, 0.4) is 0 Å². The van der Waals surface area contributed by atoms with Crippen molar-refractivity contribution < 1.29 is 33.2 Å². The van der Waals surface area contributed by atoms with E-state index in [-0.39, 0.29) is 11.5 Å². The maximum atomic E-state index is 13.2. The normalized spacial score (nSPS) is 16.3. The van der Waals surface area contributed by atoms with Crippen molar-refractivity contribution in [2.75, 3.05) is 48.3 Å². The largest absolute Gasteiger partial charge is 0.493 e. The van der Waals surface area contributed by atoms with E-state index in [1.54, 1.807) is 46.6 Å². The predicted molar refractivity (Wildman–Crippen MR) is 118 cm³/mol. The van der Waals surface area contributed by atoms with Crippen molar-refractivity contribution in [1.29, 1.82) is 0 Å². The summed E-state index contributed by atoms with van der Waals surface area (Å²) in [5.41, 5.74) is 2.96. The monoisotopic (exact) mass is 441 g/mol. The van der Waals surface area contributed by atoms with Gasteiger partial charge >= 0.3 is 0 Å². The van der Waals surface area contributed by atoms with Crippen LogP contribution in [0.5, 0.6) is 28.7 Å². The molecule has 8 nitrogen and oxygen atoms in total. The molecule has 0 atom stereocenters. The van der Waals surface area contributed by atoms with Gasteiger partial charge in [0.25, 0.3) is 0 Å². The van der Waals surface area contributed by atoms with Gasteiger partial charge in [-0.25, -0.2) is 0 Å². The molecule has 0 radical (unpaired) electrons. The van der Waals surface area contributed by atoms with Crippen molar-refractivity contribution in [1.82, 2.24) is 4.90 Å². The van der Waals surface area contributed by atoms with Gasteiger partial charge in [0.1, 0.15) is 18.2 Å². The molecule has 0 saturated carbocycles. The number of ether oxygens (including phenoxy) is 6. The smallest absolute Gasteiger partial charge is 0.232 e. The number of aryl methyl sites for hydroxylation is 1. The van der Waals surface area contributed by atoms with Crippen LogP contribution in [0.15, 0.2) is 24.0 Å². The lowest BCUT2D eigenvalue weighted by molar-refractivity contribution is 0.0646. The Hall–Kier alpha value is -3.23. The Kier molecular flexibility index (Phi) is 6.25. The van der Waals surface area contributed by atoms with Gasteiger partial charge in [-0.15, -0.1) is 0 Å². The van der Waals surface area contributed by atoms with Crippen LogP contribution in [0.25, 0.3) is 6.08 Å². The zero-order chi connectivity index (χ0) is 22.8. The fraction of sp³-hybridized carbons (Fsp3) is 0.375. The quantitative estimate of drug-likeness (QED) is 0.605. The SMILES string of the molecule is COCCN1COc2cc(C)c3c(c2C1)O/C(=C\c1cc(OC)c(OC)c(OC)c1)C3=O. The number of hydrogen-bond donors (Lipinski definition) is 0. The van der Waals surface area contributed by atoms with Crippen LogP contribution in [0.2, 0.25) is 0 Å². The molecule has 0 bridgehead atoms. The van der Waals surface area contributed by atoms with Crippen LogP contribution in [-0.2, 0) is 11.3 Å². The molecule has 8 heteroatoms. The Morgan fingerprint density at radius 2 is 1.78 bits per heavy atom. The fourth-order valence-electron chi connectivity index (χ4n) is 3.98. The highest BCUT2D eigenvalue weighted by Crippen LogP contribution is 2.45. The summed E-state index contributed by atoms with van der Waals surface area (Å²) in [4.78, 5) is 15.3. The Balaban J connectivity index is 1.71. The van der Waals surface area contributed by atoms with Crippen molar-refractivity contribution >= 4 is 11.9 Å². The van der Waals surface area contributed by atoms with E-state index in [9.17, 15) is 4.79 Å². The van der Waals surface area contributed by atoms with Gasteiger partial charge in [-0.1, -0.05) is 0 Å². The van der Waals surface area contributed by atoms with Crippen LogP contribution >= 0.6 is 0 Å². The van der Waals surface area contributed by atoms with E-state index in [1.807, 2.05) is 13.0 Å². The Morgan fingerprint density at radius 3 is 2.41 bits per heavy atom. The van der Waals surface area contributed by atoms with Gasteiger partial charge in [-0.3, -0.25) is 9.69 Å².